The Morgan fingerprint density at radius 1 is 1.50 bits per heavy atom. The number of nitrogens with zero attached hydrogens (tertiary/aromatic N) is 1. The zero-order valence-electron chi connectivity index (χ0n) is 13.0. The Labute approximate surface area is 153 Å². The zero-order chi connectivity index (χ0) is 19.6. The van der Waals surface area contributed by atoms with Gasteiger partial charge in [-0.2, -0.15) is 13.2 Å². The van der Waals surface area contributed by atoms with E-state index in [0.29, 0.717) is 11.8 Å². The van der Waals surface area contributed by atoms with E-state index in [4.69, 9.17) is 11.6 Å². The first kappa shape index (κ1) is 21.0. The van der Waals surface area contributed by atoms with Gasteiger partial charge in [0.15, 0.2) is 11.9 Å². The molecular formula is C14H14ClF5N2O3S. The fourth-order valence-corrected chi connectivity index (χ4v) is 4.51. The summed E-state index contributed by atoms with van der Waals surface area (Å²) in [6.07, 6.45) is -6.66. The van der Waals surface area contributed by atoms with Gasteiger partial charge in [0.25, 0.3) is 5.56 Å². The lowest BCUT2D eigenvalue weighted by atomic mass is 10.1. The van der Waals surface area contributed by atoms with Gasteiger partial charge < -0.3 is 15.0 Å². The molecule has 0 aromatic carbocycles. The smallest absolute Gasteiger partial charge is 0.383 e. The Morgan fingerprint density at radius 3 is 2.73 bits per heavy atom. The van der Waals surface area contributed by atoms with Gasteiger partial charge in [-0.15, -0.1) is 23.4 Å². The third kappa shape index (κ3) is 4.68. The second-order valence-corrected chi connectivity index (χ2v) is 7.53. The van der Waals surface area contributed by atoms with E-state index in [9.17, 15) is 36.6 Å². The average molecular weight is 421 g/mol. The summed E-state index contributed by atoms with van der Waals surface area (Å²) in [6.45, 7) is -1.35. The molecule has 5 nitrogen and oxygen atoms in total. The Balaban J connectivity index is 2.10. The van der Waals surface area contributed by atoms with Gasteiger partial charge in [-0.1, -0.05) is 0 Å². The highest BCUT2D eigenvalue weighted by molar-refractivity contribution is 8.01. The van der Waals surface area contributed by atoms with Crippen molar-refractivity contribution in [2.45, 2.75) is 41.1 Å². The Hall–Kier alpha value is -1.33. The number of alkyl halides is 5. The third-order valence-corrected chi connectivity index (χ3v) is 5.93. The van der Waals surface area contributed by atoms with Crippen LogP contribution in [0, 0.1) is 5.82 Å². The number of carbonyl (C=O) groups excluding carboxylic acids is 1. The highest BCUT2D eigenvalue weighted by atomic mass is 35.5. The van der Waals surface area contributed by atoms with E-state index in [-0.39, 0.29) is 12.1 Å². The minimum atomic E-state index is -4.87. The lowest BCUT2D eigenvalue weighted by Crippen LogP contribution is -2.40. The van der Waals surface area contributed by atoms with E-state index < -0.39 is 58.7 Å². The standard InChI is InChI=1S/C14H14ClF5N2O3S/c15-7-4-9(26-10(7)11(23)14(18,19)20)12(24)21-6-3-8(17)13(25)22(5-6)2-1-16/h3,5,7,9-11,23H,1-2,4H2,(H,21,24). The van der Waals surface area contributed by atoms with Crippen LogP contribution in [0.1, 0.15) is 6.42 Å². The second kappa shape index (κ2) is 8.13. The van der Waals surface area contributed by atoms with E-state index in [1.807, 2.05) is 0 Å². The molecule has 2 N–H and O–H groups in total. The fraction of sp³-hybridized carbons (Fsp3) is 0.571. The zero-order valence-corrected chi connectivity index (χ0v) is 14.5. The first-order valence-corrected chi connectivity index (χ1v) is 8.73. The van der Waals surface area contributed by atoms with E-state index >= 15 is 0 Å². The summed E-state index contributed by atoms with van der Waals surface area (Å²) in [5.41, 5.74) is -1.21. The highest BCUT2D eigenvalue weighted by Crippen LogP contribution is 2.43. The minimum Gasteiger partial charge on any atom is -0.383 e. The third-order valence-electron chi connectivity index (χ3n) is 3.69. The number of aliphatic hydroxyl groups excluding tert-OH is 1. The molecule has 0 radical (unpaired) electrons. The average Bonchev–Trinajstić information content (AvgIpc) is 2.92. The number of hydrogen-bond donors (Lipinski definition) is 2. The summed E-state index contributed by atoms with van der Waals surface area (Å²) in [7, 11) is 0. The van der Waals surface area contributed by atoms with Crippen LogP contribution in [-0.2, 0) is 11.3 Å². The van der Waals surface area contributed by atoms with Gasteiger partial charge in [0.2, 0.25) is 5.91 Å². The first-order valence-electron chi connectivity index (χ1n) is 7.35. The van der Waals surface area contributed by atoms with Crippen LogP contribution in [0.15, 0.2) is 17.1 Å². The highest BCUT2D eigenvalue weighted by Gasteiger charge is 2.51. The molecule has 146 valence electrons. The largest absolute Gasteiger partial charge is 0.415 e. The molecule has 2 heterocycles. The number of aliphatic hydroxyl groups is 1. The molecule has 1 aliphatic heterocycles. The lowest BCUT2D eigenvalue weighted by Gasteiger charge is -2.22. The molecule has 0 saturated carbocycles. The van der Waals surface area contributed by atoms with Crippen molar-refractivity contribution in [3.63, 3.8) is 0 Å². The van der Waals surface area contributed by atoms with E-state index in [0.717, 1.165) is 16.8 Å². The monoisotopic (exact) mass is 420 g/mol. The van der Waals surface area contributed by atoms with Gasteiger partial charge in [-0.25, -0.2) is 8.78 Å². The number of thioether (sulfide) groups is 1. The fourth-order valence-electron chi connectivity index (χ4n) is 2.44. The van der Waals surface area contributed by atoms with Crippen LogP contribution in [0.3, 0.4) is 0 Å². The van der Waals surface area contributed by atoms with Crippen molar-refractivity contribution < 1.29 is 31.9 Å². The van der Waals surface area contributed by atoms with Crippen LogP contribution >= 0.6 is 23.4 Å². The molecule has 1 fully saturated rings. The lowest BCUT2D eigenvalue weighted by molar-refractivity contribution is -0.203. The second-order valence-electron chi connectivity index (χ2n) is 5.58. The number of pyridine rings is 1. The van der Waals surface area contributed by atoms with Crippen LogP contribution in [0.5, 0.6) is 0 Å². The van der Waals surface area contributed by atoms with Gasteiger partial charge in [-0.3, -0.25) is 9.59 Å². The molecular weight excluding hydrogens is 407 g/mol. The summed E-state index contributed by atoms with van der Waals surface area (Å²) in [6, 6.07) is 0.731. The molecule has 1 aromatic rings. The number of anilines is 1. The number of halogens is 6. The van der Waals surface area contributed by atoms with Gasteiger partial charge >= 0.3 is 6.18 Å². The quantitative estimate of drug-likeness (QED) is 0.566. The SMILES string of the molecule is O=C(Nc1cc(F)c(=O)n(CCF)c1)C1CC(Cl)C(C(O)C(F)(F)F)S1. The van der Waals surface area contributed by atoms with Crippen molar-refractivity contribution in [3.8, 4) is 0 Å². The van der Waals surface area contributed by atoms with Crippen LogP contribution in [0.2, 0.25) is 0 Å². The van der Waals surface area contributed by atoms with E-state index in [1.165, 1.54) is 0 Å². The van der Waals surface area contributed by atoms with Crippen LogP contribution in [0.4, 0.5) is 27.6 Å². The van der Waals surface area contributed by atoms with Gasteiger partial charge in [0.05, 0.1) is 22.7 Å². The first-order chi connectivity index (χ1) is 12.0. The molecule has 1 saturated heterocycles. The maximum Gasteiger partial charge on any atom is 0.415 e. The topological polar surface area (TPSA) is 71.3 Å². The molecule has 1 aliphatic rings. The molecule has 26 heavy (non-hydrogen) atoms. The van der Waals surface area contributed by atoms with Gasteiger partial charge in [-0.05, 0) is 6.42 Å². The Kier molecular flexibility index (Phi) is 6.56. The van der Waals surface area contributed by atoms with Crippen molar-refractivity contribution in [1.29, 1.82) is 0 Å². The molecule has 1 aromatic heterocycles. The van der Waals surface area contributed by atoms with Crippen molar-refractivity contribution in [2.75, 3.05) is 12.0 Å². The van der Waals surface area contributed by atoms with E-state index in [2.05, 4.69) is 5.32 Å². The van der Waals surface area contributed by atoms with Crippen LogP contribution in [0.25, 0.3) is 0 Å². The minimum absolute atomic E-state index is 0.136. The molecule has 1 amide bonds. The Morgan fingerprint density at radius 2 is 2.15 bits per heavy atom. The summed E-state index contributed by atoms with van der Waals surface area (Å²) in [5, 5.41) is 8.06. The molecule has 0 bridgehead atoms. The number of carbonyl (C=O) groups is 1. The number of aromatic nitrogens is 1. The molecule has 2 rings (SSSR count). The number of aryl methyl sites for hydroxylation is 1. The van der Waals surface area contributed by atoms with Gasteiger partial charge in [0.1, 0.15) is 6.67 Å². The maximum atomic E-state index is 13.6. The summed E-state index contributed by atoms with van der Waals surface area (Å²) >= 11 is 6.39. The van der Waals surface area contributed by atoms with Gasteiger partial charge in [0, 0.05) is 17.6 Å². The molecule has 0 aliphatic carbocycles. The van der Waals surface area contributed by atoms with E-state index in [1.54, 1.807) is 0 Å². The Bertz CT molecular complexity index is 730. The normalized spacial score (nSPS) is 24.5. The number of amides is 1. The van der Waals surface area contributed by atoms with Crippen molar-refractivity contribution in [2.24, 2.45) is 0 Å². The molecule has 4 atom stereocenters. The number of nitrogens with one attached hydrogen (secondary N) is 1. The molecule has 0 spiro atoms. The predicted molar refractivity (Wildman–Crippen MR) is 86.8 cm³/mol. The number of rotatable bonds is 5. The van der Waals surface area contributed by atoms with Crippen molar-refractivity contribution >= 4 is 35.0 Å². The maximum absolute atomic E-state index is 13.6. The van der Waals surface area contributed by atoms with Crippen LogP contribution < -0.4 is 10.9 Å². The van der Waals surface area contributed by atoms with Crippen molar-refractivity contribution in [3.05, 3.63) is 28.4 Å². The number of hydrogen-bond acceptors (Lipinski definition) is 4. The molecule has 12 heteroatoms. The summed E-state index contributed by atoms with van der Waals surface area (Å²) in [4.78, 5) is 23.7. The van der Waals surface area contributed by atoms with Crippen LogP contribution in [-0.4, -0.2) is 50.4 Å². The van der Waals surface area contributed by atoms with Crippen molar-refractivity contribution in [1.82, 2.24) is 4.57 Å². The predicted octanol–water partition coefficient (Wildman–Crippen LogP) is 2.30. The summed E-state index contributed by atoms with van der Waals surface area (Å²) in [5.74, 6) is -1.97. The molecule has 4 unspecified atom stereocenters. The summed E-state index contributed by atoms with van der Waals surface area (Å²) < 4.78 is 64.5.